The van der Waals surface area contributed by atoms with Gasteiger partial charge in [0.05, 0.1) is 0 Å². The fourth-order valence-corrected chi connectivity index (χ4v) is 3.38. The number of carbonyl (C=O) groups excluding carboxylic acids is 2. The molecule has 0 spiro atoms. The van der Waals surface area contributed by atoms with Crippen LogP contribution in [-0.2, 0) is 20.9 Å². The number of anilines is 1. The van der Waals surface area contributed by atoms with Crippen molar-refractivity contribution in [2.75, 3.05) is 5.32 Å². The van der Waals surface area contributed by atoms with Crippen LogP contribution in [0.5, 0.6) is 0 Å². The third-order valence-electron chi connectivity index (χ3n) is 5.22. The lowest BCUT2D eigenvalue weighted by atomic mass is 9.88. The lowest BCUT2D eigenvalue weighted by molar-refractivity contribution is -0.149. The van der Waals surface area contributed by atoms with Crippen LogP contribution >= 0.6 is 0 Å². The van der Waals surface area contributed by atoms with Gasteiger partial charge in [-0.2, -0.15) is 0 Å². The second-order valence-electron chi connectivity index (χ2n) is 7.09. The molecule has 134 valence electrons. The van der Waals surface area contributed by atoms with E-state index in [1.165, 1.54) is 6.42 Å². The van der Waals surface area contributed by atoms with Crippen LogP contribution in [0.1, 0.15) is 50.5 Å². The van der Waals surface area contributed by atoms with Crippen molar-refractivity contribution in [3.8, 4) is 0 Å². The number of amides is 2. The summed E-state index contributed by atoms with van der Waals surface area (Å²) < 4.78 is 0. The molecule has 2 aliphatic carbocycles. The quantitative estimate of drug-likeness (QED) is 0.691. The standard InChI is InChI=1S/C19H24N2O4/c22-16(14-6-2-1-3-7-14)21-15-8-4-5-13(11-15)12-20-17(23)19(9-10-19)18(24)25/h4-5,8,11,14H,1-3,6-7,9-10,12H2,(H,20,23)(H,21,22)(H,24,25). The molecule has 2 aliphatic rings. The van der Waals surface area contributed by atoms with Crippen molar-refractivity contribution in [1.82, 2.24) is 5.32 Å². The maximum absolute atomic E-state index is 12.3. The first-order valence-electron chi connectivity index (χ1n) is 8.93. The third kappa shape index (κ3) is 4.00. The molecule has 2 amide bonds. The summed E-state index contributed by atoms with van der Waals surface area (Å²) in [5.74, 6) is -1.35. The summed E-state index contributed by atoms with van der Waals surface area (Å²) >= 11 is 0. The molecule has 0 radical (unpaired) electrons. The van der Waals surface area contributed by atoms with E-state index in [0.717, 1.165) is 31.2 Å². The van der Waals surface area contributed by atoms with Crippen molar-refractivity contribution in [1.29, 1.82) is 0 Å². The summed E-state index contributed by atoms with van der Waals surface area (Å²) in [5.41, 5.74) is 0.310. The zero-order chi connectivity index (χ0) is 17.9. The number of aliphatic carboxylic acids is 1. The molecule has 0 unspecified atom stereocenters. The summed E-state index contributed by atoms with van der Waals surface area (Å²) in [6, 6.07) is 7.31. The number of benzene rings is 1. The molecule has 0 atom stereocenters. The topological polar surface area (TPSA) is 95.5 Å². The normalized spacial score (nSPS) is 19.0. The maximum atomic E-state index is 12.3. The minimum Gasteiger partial charge on any atom is -0.480 e. The van der Waals surface area contributed by atoms with E-state index < -0.39 is 17.3 Å². The lowest BCUT2D eigenvalue weighted by Gasteiger charge is -2.21. The van der Waals surface area contributed by atoms with Crippen molar-refractivity contribution < 1.29 is 19.5 Å². The zero-order valence-corrected chi connectivity index (χ0v) is 14.2. The molecule has 0 saturated heterocycles. The highest BCUT2D eigenvalue weighted by atomic mass is 16.4. The van der Waals surface area contributed by atoms with Gasteiger partial charge in [0.1, 0.15) is 5.41 Å². The Balaban J connectivity index is 1.55. The van der Waals surface area contributed by atoms with Crippen LogP contribution in [0.2, 0.25) is 0 Å². The van der Waals surface area contributed by atoms with Crippen LogP contribution < -0.4 is 10.6 Å². The Morgan fingerprint density at radius 3 is 2.48 bits per heavy atom. The Bertz CT molecular complexity index is 676. The van der Waals surface area contributed by atoms with E-state index in [0.29, 0.717) is 18.5 Å². The molecule has 3 N–H and O–H groups in total. The number of carboxylic acids is 1. The van der Waals surface area contributed by atoms with E-state index in [1.807, 2.05) is 24.3 Å². The summed E-state index contributed by atoms with van der Waals surface area (Å²) in [4.78, 5) is 35.5. The molecule has 6 heteroatoms. The highest BCUT2D eigenvalue weighted by Crippen LogP contribution is 2.46. The van der Waals surface area contributed by atoms with E-state index in [-0.39, 0.29) is 18.4 Å². The Morgan fingerprint density at radius 1 is 1.12 bits per heavy atom. The first kappa shape index (κ1) is 17.5. The van der Waals surface area contributed by atoms with Gasteiger partial charge in [-0.15, -0.1) is 0 Å². The van der Waals surface area contributed by atoms with Gasteiger partial charge in [-0.3, -0.25) is 14.4 Å². The van der Waals surface area contributed by atoms with Crippen LogP contribution in [0, 0.1) is 11.3 Å². The first-order chi connectivity index (χ1) is 12.0. The molecule has 3 rings (SSSR count). The van der Waals surface area contributed by atoms with Gasteiger partial charge in [-0.1, -0.05) is 31.4 Å². The monoisotopic (exact) mass is 344 g/mol. The van der Waals surface area contributed by atoms with E-state index in [4.69, 9.17) is 5.11 Å². The number of hydrogen-bond acceptors (Lipinski definition) is 3. The lowest BCUT2D eigenvalue weighted by Crippen LogP contribution is -2.36. The smallest absolute Gasteiger partial charge is 0.319 e. The van der Waals surface area contributed by atoms with Crippen LogP contribution in [-0.4, -0.2) is 22.9 Å². The molecule has 1 aromatic carbocycles. The molecular formula is C19H24N2O4. The number of nitrogens with one attached hydrogen (secondary N) is 2. The minimum atomic E-state index is -1.23. The van der Waals surface area contributed by atoms with Crippen LogP contribution in [0.25, 0.3) is 0 Å². The predicted molar refractivity (Wildman–Crippen MR) is 92.8 cm³/mol. The van der Waals surface area contributed by atoms with E-state index in [1.54, 1.807) is 0 Å². The number of carbonyl (C=O) groups is 3. The van der Waals surface area contributed by atoms with Crippen molar-refractivity contribution in [3.63, 3.8) is 0 Å². The van der Waals surface area contributed by atoms with E-state index in [9.17, 15) is 14.4 Å². The van der Waals surface area contributed by atoms with Crippen molar-refractivity contribution in [2.24, 2.45) is 11.3 Å². The number of rotatable bonds is 6. The molecule has 0 bridgehead atoms. The van der Waals surface area contributed by atoms with Gasteiger partial charge in [0, 0.05) is 18.2 Å². The molecule has 0 aromatic heterocycles. The summed E-state index contributed by atoms with van der Waals surface area (Å²) in [5, 5.41) is 14.8. The van der Waals surface area contributed by atoms with E-state index >= 15 is 0 Å². The zero-order valence-electron chi connectivity index (χ0n) is 14.2. The predicted octanol–water partition coefficient (Wildman–Crippen LogP) is 2.69. The largest absolute Gasteiger partial charge is 0.480 e. The Kier molecular flexibility index (Phi) is 5.06. The van der Waals surface area contributed by atoms with Gasteiger partial charge >= 0.3 is 5.97 Å². The van der Waals surface area contributed by atoms with Crippen LogP contribution in [0.4, 0.5) is 5.69 Å². The van der Waals surface area contributed by atoms with Gasteiger partial charge in [-0.05, 0) is 43.4 Å². The van der Waals surface area contributed by atoms with Crippen LogP contribution in [0.3, 0.4) is 0 Å². The average molecular weight is 344 g/mol. The molecule has 2 fully saturated rings. The molecule has 0 heterocycles. The molecule has 2 saturated carbocycles. The second-order valence-corrected chi connectivity index (χ2v) is 7.09. The van der Waals surface area contributed by atoms with Gasteiger partial charge in [0.25, 0.3) is 0 Å². The highest BCUT2D eigenvalue weighted by Gasteiger charge is 2.56. The summed E-state index contributed by atoms with van der Waals surface area (Å²) in [6.45, 7) is 0.251. The van der Waals surface area contributed by atoms with Gasteiger partial charge in [0.15, 0.2) is 0 Å². The molecule has 6 nitrogen and oxygen atoms in total. The fourth-order valence-electron chi connectivity index (χ4n) is 3.38. The fraction of sp³-hybridized carbons (Fsp3) is 0.526. The SMILES string of the molecule is O=C(Nc1cccc(CNC(=O)C2(C(=O)O)CC2)c1)C1CCCCC1. The molecule has 25 heavy (non-hydrogen) atoms. The Morgan fingerprint density at radius 2 is 1.84 bits per heavy atom. The highest BCUT2D eigenvalue weighted by molar-refractivity contribution is 6.04. The third-order valence-corrected chi connectivity index (χ3v) is 5.22. The van der Waals surface area contributed by atoms with Gasteiger partial charge < -0.3 is 15.7 Å². The number of carboxylic acid groups (broad SMARTS) is 1. The Labute approximate surface area is 147 Å². The van der Waals surface area contributed by atoms with Crippen LogP contribution in [0.15, 0.2) is 24.3 Å². The van der Waals surface area contributed by atoms with E-state index in [2.05, 4.69) is 10.6 Å². The maximum Gasteiger partial charge on any atom is 0.319 e. The first-order valence-corrected chi connectivity index (χ1v) is 8.93. The second kappa shape index (κ2) is 7.25. The summed E-state index contributed by atoms with van der Waals surface area (Å²) in [7, 11) is 0. The molecular weight excluding hydrogens is 320 g/mol. The summed E-state index contributed by atoms with van der Waals surface area (Å²) in [6.07, 6.45) is 6.09. The molecule has 0 aliphatic heterocycles. The van der Waals surface area contributed by atoms with Crippen molar-refractivity contribution in [2.45, 2.75) is 51.5 Å². The van der Waals surface area contributed by atoms with Gasteiger partial charge in [0.2, 0.25) is 11.8 Å². The van der Waals surface area contributed by atoms with Crippen molar-refractivity contribution >= 4 is 23.5 Å². The average Bonchev–Trinajstić information content (AvgIpc) is 3.43. The van der Waals surface area contributed by atoms with Gasteiger partial charge in [-0.25, -0.2) is 0 Å². The molecule has 1 aromatic rings. The Hall–Kier alpha value is -2.37. The van der Waals surface area contributed by atoms with Crippen molar-refractivity contribution in [3.05, 3.63) is 29.8 Å². The minimum absolute atomic E-state index is 0.0590. The number of hydrogen-bond donors (Lipinski definition) is 3.